The zero-order valence-corrected chi connectivity index (χ0v) is 21.1. The van der Waals surface area contributed by atoms with Crippen molar-refractivity contribution >= 4 is 11.5 Å². The van der Waals surface area contributed by atoms with Gasteiger partial charge in [-0.1, -0.05) is 6.07 Å². The molecule has 4 heterocycles. The van der Waals surface area contributed by atoms with Gasteiger partial charge in [0.2, 0.25) is 0 Å². The zero-order valence-electron chi connectivity index (χ0n) is 21.1. The Kier molecular flexibility index (Phi) is 6.42. The molecular formula is C29H28F2N6O. The fourth-order valence-corrected chi connectivity index (χ4v) is 5.62. The first-order chi connectivity index (χ1) is 18.5. The summed E-state index contributed by atoms with van der Waals surface area (Å²) in [4.78, 5) is 8.82. The summed E-state index contributed by atoms with van der Waals surface area (Å²) in [5.41, 5.74) is 3.06. The molecule has 38 heavy (non-hydrogen) atoms. The molecule has 0 radical (unpaired) electrons. The Labute approximate surface area is 219 Å². The van der Waals surface area contributed by atoms with Crippen LogP contribution in [0.5, 0.6) is 5.75 Å². The zero-order chi connectivity index (χ0) is 26.2. The van der Waals surface area contributed by atoms with Crippen molar-refractivity contribution in [3.05, 3.63) is 77.5 Å². The van der Waals surface area contributed by atoms with Crippen molar-refractivity contribution in [2.24, 2.45) is 0 Å². The summed E-state index contributed by atoms with van der Waals surface area (Å²) >= 11 is 0. The van der Waals surface area contributed by atoms with Gasteiger partial charge < -0.3 is 14.5 Å². The molecule has 7 nitrogen and oxygen atoms in total. The van der Waals surface area contributed by atoms with Gasteiger partial charge in [-0.3, -0.25) is 0 Å². The van der Waals surface area contributed by atoms with Gasteiger partial charge in [-0.05, 0) is 81.7 Å². The van der Waals surface area contributed by atoms with Crippen molar-refractivity contribution in [2.75, 3.05) is 31.6 Å². The predicted molar refractivity (Wildman–Crippen MR) is 140 cm³/mol. The minimum atomic E-state index is -0.452. The normalized spacial score (nSPS) is 19.8. The monoisotopic (exact) mass is 514 g/mol. The van der Waals surface area contributed by atoms with Crippen molar-refractivity contribution in [2.45, 2.75) is 37.8 Å². The maximum absolute atomic E-state index is 14.6. The number of hydrogen-bond donors (Lipinski definition) is 0. The van der Waals surface area contributed by atoms with Gasteiger partial charge in [0.25, 0.3) is 0 Å². The van der Waals surface area contributed by atoms with Crippen molar-refractivity contribution in [1.29, 1.82) is 5.26 Å². The molecule has 9 heteroatoms. The maximum atomic E-state index is 14.6. The van der Waals surface area contributed by atoms with Gasteiger partial charge in [0.1, 0.15) is 35.9 Å². The molecule has 2 unspecified atom stereocenters. The summed E-state index contributed by atoms with van der Waals surface area (Å²) in [6.45, 7) is 2.27. The number of imidazole rings is 1. The molecule has 2 atom stereocenters. The van der Waals surface area contributed by atoms with Crippen LogP contribution in [0.4, 0.5) is 14.6 Å². The maximum Gasteiger partial charge on any atom is 0.154 e. The van der Waals surface area contributed by atoms with E-state index in [0.717, 1.165) is 43.1 Å². The number of ether oxygens (including phenoxy) is 1. The summed E-state index contributed by atoms with van der Waals surface area (Å²) in [5.74, 6) is 0.337. The first-order valence-electron chi connectivity index (χ1n) is 13.0. The summed E-state index contributed by atoms with van der Waals surface area (Å²) in [7, 11) is 2.10. The molecule has 0 amide bonds. The lowest BCUT2D eigenvalue weighted by atomic mass is 10.0. The summed E-state index contributed by atoms with van der Waals surface area (Å²) in [6.07, 6.45) is 5.53. The number of anilines is 1. The molecule has 2 fully saturated rings. The number of aromatic nitrogens is 3. The van der Waals surface area contributed by atoms with Gasteiger partial charge >= 0.3 is 0 Å². The molecule has 2 aromatic heterocycles. The molecular weight excluding hydrogens is 486 g/mol. The molecule has 2 saturated heterocycles. The third-order valence-electron chi connectivity index (χ3n) is 7.71. The highest BCUT2D eigenvalue weighted by atomic mass is 19.1. The Morgan fingerprint density at radius 3 is 2.74 bits per heavy atom. The smallest absolute Gasteiger partial charge is 0.154 e. The Balaban J connectivity index is 1.33. The fraction of sp³-hybridized carbons (Fsp3) is 0.345. The van der Waals surface area contributed by atoms with Crippen LogP contribution in [0.3, 0.4) is 0 Å². The Bertz CT molecular complexity index is 1530. The van der Waals surface area contributed by atoms with Gasteiger partial charge in [-0.15, -0.1) is 5.10 Å². The number of likely N-dealkylation sites (tertiary alicyclic amines) is 1. The van der Waals surface area contributed by atoms with Crippen molar-refractivity contribution in [3.63, 3.8) is 0 Å². The Morgan fingerprint density at radius 2 is 1.92 bits per heavy atom. The van der Waals surface area contributed by atoms with Gasteiger partial charge in [-0.25, -0.2) is 18.3 Å². The highest BCUT2D eigenvalue weighted by Gasteiger charge is 2.30. The van der Waals surface area contributed by atoms with E-state index in [2.05, 4.69) is 23.0 Å². The molecule has 2 aliphatic rings. The Hall–Kier alpha value is -4.03. The number of halogens is 2. The van der Waals surface area contributed by atoms with E-state index in [9.17, 15) is 14.0 Å². The Morgan fingerprint density at radius 1 is 1.05 bits per heavy atom. The van der Waals surface area contributed by atoms with Crippen LogP contribution in [-0.4, -0.2) is 52.3 Å². The number of likely N-dealkylation sites (N-methyl/N-ethyl adjacent to an activating group) is 1. The second-order valence-electron chi connectivity index (χ2n) is 10.0. The van der Waals surface area contributed by atoms with Gasteiger partial charge in [0.15, 0.2) is 5.65 Å². The second-order valence-corrected chi connectivity index (χ2v) is 10.0. The van der Waals surface area contributed by atoms with E-state index in [1.165, 1.54) is 12.1 Å². The minimum absolute atomic E-state index is 0.300. The highest BCUT2D eigenvalue weighted by Crippen LogP contribution is 2.37. The van der Waals surface area contributed by atoms with E-state index in [0.29, 0.717) is 54.0 Å². The van der Waals surface area contributed by atoms with Crippen LogP contribution in [0.1, 0.15) is 42.9 Å². The quantitative estimate of drug-likeness (QED) is 0.345. The first kappa shape index (κ1) is 24.3. The lowest BCUT2D eigenvalue weighted by Crippen LogP contribution is -2.30. The average Bonchev–Trinajstić information content (AvgIpc) is 3.68. The van der Waals surface area contributed by atoms with Crippen LogP contribution < -0.4 is 9.64 Å². The molecule has 2 aliphatic heterocycles. The summed E-state index contributed by atoms with van der Waals surface area (Å²) in [6, 6.07) is 15.1. The van der Waals surface area contributed by atoms with Crippen LogP contribution in [0.25, 0.3) is 16.9 Å². The van der Waals surface area contributed by atoms with Crippen LogP contribution in [0.2, 0.25) is 0 Å². The molecule has 2 aromatic carbocycles. The molecule has 194 valence electrons. The SMILES string of the molecule is CN1CCCC1COc1cc(-c2cnc3ccc(N4CCCC4c4cc(F)ccc4F)nn23)ccc1C#N. The molecule has 0 aliphatic carbocycles. The molecule has 0 saturated carbocycles. The van der Waals surface area contributed by atoms with E-state index in [4.69, 9.17) is 9.84 Å². The molecule has 0 spiro atoms. The van der Waals surface area contributed by atoms with E-state index < -0.39 is 11.6 Å². The van der Waals surface area contributed by atoms with Crippen molar-refractivity contribution in [1.82, 2.24) is 19.5 Å². The molecule has 6 rings (SSSR count). The van der Waals surface area contributed by atoms with E-state index in [1.807, 2.05) is 29.2 Å². The predicted octanol–water partition coefficient (Wildman–Crippen LogP) is 5.36. The van der Waals surface area contributed by atoms with Crippen LogP contribution in [-0.2, 0) is 0 Å². The fourth-order valence-electron chi connectivity index (χ4n) is 5.62. The number of rotatable bonds is 6. The topological polar surface area (TPSA) is 69.7 Å². The third-order valence-corrected chi connectivity index (χ3v) is 7.71. The van der Waals surface area contributed by atoms with Gasteiger partial charge in [0.05, 0.1) is 23.5 Å². The standard InChI is InChI=1S/C29H28F2N6O/c1-35-12-2-4-22(35)18-38-27-14-19(6-7-20(27)16-32)26-17-33-28-10-11-29(34-37(26)28)36-13-3-5-25(36)23-15-21(30)8-9-24(23)31/h6-11,14-15,17,22,25H,2-5,12-13,18H2,1H3. The lowest BCUT2D eigenvalue weighted by molar-refractivity contribution is 0.198. The number of hydrogen-bond acceptors (Lipinski definition) is 6. The van der Waals surface area contributed by atoms with E-state index >= 15 is 0 Å². The van der Waals surface area contributed by atoms with Crippen LogP contribution in [0, 0.1) is 23.0 Å². The largest absolute Gasteiger partial charge is 0.491 e. The molecule has 0 bridgehead atoms. The second kappa shape index (κ2) is 10.0. The minimum Gasteiger partial charge on any atom is -0.491 e. The van der Waals surface area contributed by atoms with Gasteiger partial charge in [-0.2, -0.15) is 5.26 Å². The number of benzene rings is 2. The van der Waals surface area contributed by atoms with Crippen LogP contribution >= 0.6 is 0 Å². The number of nitrogens with zero attached hydrogens (tertiary/aromatic N) is 6. The summed E-state index contributed by atoms with van der Waals surface area (Å²) in [5, 5.41) is 14.5. The van der Waals surface area contributed by atoms with E-state index in [-0.39, 0.29) is 6.04 Å². The van der Waals surface area contributed by atoms with E-state index in [1.54, 1.807) is 16.8 Å². The third kappa shape index (κ3) is 4.45. The molecule has 4 aromatic rings. The van der Waals surface area contributed by atoms with Crippen molar-refractivity contribution < 1.29 is 13.5 Å². The number of fused-ring (bicyclic) bond motifs is 1. The van der Waals surface area contributed by atoms with Crippen molar-refractivity contribution in [3.8, 4) is 23.1 Å². The lowest BCUT2D eigenvalue weighted by Gasteiger charge is -2.26. The summed E-state index contributed by atoms with van der Waals surface area (Å²) < 4.78 is 36.4. The first-order valence-corrected chi connectivity index (χ1v) is 13.0. The average molecular weight is 515 g/mol. The number of nitriles is 1. The highest BCUT2D eigenvalue weighted by molar-refractivity contribution is 5.67. The van der Waals surface area contributed by atoms with Crippen LogP contribution in [0.15, 0.2) is 54.7 Å². The molecule has 0 N–H and O–H groups in total. The van der Waals surface area contributed by atoms with Gasteiger partial charge in [0, 0.05) is 23.7 Å².